The SMILES string of the molecule is NNC(N)NNCC(=O)O. The van der Waals surface area contributed by atoms with Crippen LogP contribution in [0.4, 0.5) is 0 Å². The molecule has 7 nitrogen and oxygen atoms in total. The van der Waals surface area contributed by atoms with E-state index >= 15 is 0 Å². The lowest BCUT2D eigenvalue weighted by atomic mass is 10.7. The number of nitrogens with one attached hydrogen (secondary N) is 3. The summed E-state index contributed by atoms with van der Waals surface area (Å²) in [6, 6.07) is 0. The van der Waals surface area contributed by atoms with Gasteiger partial charge >= 0.3 is 5.97 Å². The fraction of sp³-hybridized carbons (Fsp3) is 0.667. The van der Waals surface area contributed by atoms with E-state index in [9.17, 15) is 4.79 Å². The van der Waals surface area contributed by atoms with E-state index in [4.69, 9.17) is 16.7 Å². The minimum absolute atomic E-state index is 0.213. The molecule has 0 saturated carbocycles. The number of hydrazine groups is 2. The standard InChI is InChI=1S/C3H11N5O2/c4-3(7-5)8-6-1-2(9)10/h3,6-8H,1,4-5H2,(H,9,10). The average molecular weight is 149 g/mol. The summed E-state index contributed by atoms with van der Waals surface area (Å²) in [6.45, 7) is -0.213. The van der Waals surface area contributed by atoms with E-state index in [0.717, 1.165) is 0 Å². The average Bonchev–Trinajstić information content (AvgIpc) is 1.87. The van der Waals surface area contributed by atoms with E-state index in [2.05, 4.69) is 16.3 Å². The van der Waals surface area contributed by atoms with Crippen LogP contribution in [0.3, 0.4) is 0 Å². The van der Waals surface area contributed by atoms with Crippen molar-refractivity contribution in [3.8, 4) is 0 Å². The minimum Gasteiger partial charge on any atom is -0.480 e. The molecule has 7 heteroatoms. The summed E-state index contributed by atoms with van der Waals surface area (Å²) in [5.41, 5.74) is 12.0. The number of carboxylic acid groups (broad SMARTS) is 1. The number of hydrogen-bond acceptors (Lipinski definition) is 6. The van der Waals surface area contributed by atoms with Crippen molar-refractivity contribution in [3.63, 3.8) is 0 Å². The second-order valence-corrected chi connectivity index (χ2v) is 1.54. The Hall–Kier alpha value is -0.730. The molecule has 0 aromatic heterocycles. The highest BCUT2D eigenvalue weighted by molar-refractivity contribution is 5.68. The Kier molecular flexibility index (Phi) is 4.72. The summed E-state index contributed by atoms with van der Waals surface area (Å²) >= 11 is 0. The molecule has 0 amide bonds. The first-order chi connectivity index (χ1) is 4.66. The molecule has 10 heavy (non-hydrogen) atoms. The van der Waals surface area contributed by atoms with Crippen LogP contribution in [0.5, 0.6) is 0 Å². The van der Waals surface area contributed by atoms with Gasteiger partial charge in [0.2, 0.25) is 0 Å². The lowest BCUT2D eigenvalue weighted by Crippen LogP contribution is -2.57. The molecular formula is C3H11N5O2. The van der Waals surface area contributed by atoms with Gasteiger partial charge in [-0.05, 0) is 0 Å². The van der Waals surface area contributed by atoms with Crippen LogP contribution in [-0.4, -0.2) is 23.9 Å². The van der Waals surface area contributed by atoms with Crippen LogP contribution in [0.2, 0.25) is 0 Å². The largest absolute Gasteiger partial charge is 0.480 e. The smallest absolute Gasteiger partial charge is 0.318 e. The van der Waals surface area contributed by atoms with Crippen LogP contribution in [0.25, 0.3) is 0 Å². The van der Waals surface area contributed by atoms with Crippen molar-refractivity contribution in [3.05, 3.63) is 0 Å². The van der Waals surface area contributed by atoms with Crippen molar-refractivity contribution in [2.24, 2.45) is 11.6 Å². The Labute approximate surface area is 57.7 Å². The van der Waals surface area contributed by atoms with Gasteiger partial charge in [0.1, 0.15) is 12.8 Å². The van der Waals surface area contributed by atoms with Gasteiger partial charge in [0.25, 0.3) is 0 Å². The predicted molar refractivity (Wildman–Crippen MR) is 34.1 cm³/mol. The molecule has 0 spiro atoms. The highest BCUT2D eigenvalue weighted by atomic mass is 16.4. The van der Waals surface area contributed by atoms with Crippen molar-refractivity contribution >= 4 is 5.97 Å². The van der Waals surface area contributed by atoms with Crippen molar-refractivity contribution in [2.45, 2.75) is 6.29 Å². The fourth-order valence-electron chi connectivity index (χ4n) is 0.278. The quantitative estimate of drug-likeness (QED) is 0.139. The Morgan fingerprint density at radius 1 is 1.70 bits per heavy atom. The number of aliphatic carboxylic acids is 1. The zero-order valence-corrected chi connectivity index (χ0v) is 5.29. The summed E-state index contributed by atoms with van der Waals surface area (Å²) < 4.78 is 0. The summed E-state index contributed by atoms with van der Waals surface area (Å²) in [7, 11) is 0. The monoisotopic (exact) mass is 149 g/mol. The van der Waals surface area contributed by atoms with Crippen molar-refractivity contribution in [2.75, 3.05) is 6.54 Å². The van der Waals surface area contributed by atoms with Crippen LogP contribution in [0.15, 0.2) is 0 Å². The summed E-state index contributed by atoms with van der Waals surface area (Å²) in [4.78, 5) is 9.87. The molecule has 0 aliphatic heterocycles. The van der Waals surface area contributed by atoms with Gasteiger partial charge in [0, 0.05) is 0 Å². The zero-order chi connectivity index (χ0) is 7.98. The fourth-order valence-corrected chi connectivity index (χ4v) is 0.278. The maximum Gasteiger partial charge on any atom is 0.318 e. The van der Waals surface area contributed by atoms with Gasteiger partial charge in [-0.2, -0.15) is 0 Å². The van der Waals surface area contributed by atoms with E-state index < -0.39 is 12.3 Å². The third-order valence-corrected chi connectivity index (χ3v) is 0.677. The minimum atomic E-state index is -0.975. The highest BCUT2D eigenvalue weighted by Crippen LogP contribution is 1.56. The van der Waals surface area contributed by atoms with Crippen molar-refractivity contribution in [1.82, 2.24) is 16.3 Å². The molecule has 0 aliphatic carbocycles. The lowest BCUT2D eigenvalue weighted by molar-refractivity contribution is -0.136. The molecule has 0 fully saturated rings. The van der Waals surface area contributed by atoms with E-state index in [1.807, 2.05) is 0 Å². The highest BCUT2D eigenvalue weighted by Gasteiger charge is 1.97. The van der Waals surface area contributed by atoms with Gasteiger partial charge in [-0.15, -0.1) is 0 Å². The Morgan fingerprint density at radius 2 is 2.30 bits per heavy atom. The lowest BCUT2D eigenvalue weighted by Gasteiger charge is -2.11. The van der Waals surface area contributed by atoms with Crippen LogP contribution < -0.4 is 27.9 Å². The van der Waals surface area contributed by atoms with E-state index in [1.54, 1.807) is 0 Å². The molecule has 0 aliphatic rings. The second-order valence-electron chi connectivity index (χ2n) is 1.54. The first-order valence-corrected chi connectivity index (χ1v) is 2.58. The van der Waals surface area contributed by atoms with Gasteiger partial charge in [-0.1, -0.05) is 0 Å². The molecule has 0 aromatic rings. The topological polar surface area (TPSA) is 125 Å². The van der Waals surface area contributed by atoms with E-state index in [0.29, 0.717) is 0 Å². The molecule has 0 aromatic carbocycles. The molecule has 8 N–H and O–H groups in total. The van der Waals surface area contributed by atoms with Crippen LogP contribution >= 0.6 is 0 Å². The maximum atomic E-state index is 9.87. The summed E-state index contributed by atoms with van der Waals surface area (Å²) in [5, 5.41) is 8.10. The molecule has 0 saturated heterocycles. The molecule has 1 atom stereocenters. The Morgan fingerprint density at radius 3 is 2.70 bits per heavy atom. The van der Waals surface area contributed by atoms with Crippen molar-refractivity contribution < 1.29 is 9.90 Å². The number of nitrogens with two attached hydrogens (primary N) is 2. The van der Waals surface area contributed by atoms with Crippen molar-refractivity contribution in [1.29, 1.82) is 0 Å². The molecule has 1 unspecified atom stereocenters. The number of carboxylic acids is 1. The number of hydrogen-bond donors (Lipinski definition) is 6. The van der Waals surface area contributed by atoms with E-state index in [1.165, 1.54) is 0 Å². The third-order valence-electron chi connectivity index (χ3n) is 0.677. The van der Waals surface area contributed by atoms with Gasteiger partial charge in [0.05, 0.1) is 0 Å². The molecule has 0 heterocycles. The first-order valence-electron chi connectivity index (χ1n) is 2.58. The van der Waals surface area contributed by atoms with Gasteiger partial charge < -0.3 is 10.8 Å². The summed E-state index contributed by atoms with van der Waals surface area (Å²) in [6.07, 6.45) is -0.653. The number of carbonyl (C=O) groups is 1. The number of rotatable bonds is 5. The predicted octanol–water partition coefficient (Wildman–Crippen LogP) is -3.13. The zero-order valence-electron chi connectivity index (χ0n) is 5.29. The summed E-state index contributed by atoms with van der Waals surface area (Å²) in [5.74, 6) is 3.89. The van der Waals surface area contributed by atoms with Crippen LogP contribution in [0.1, 0.15) is 0 Å². The van der Waals surface area contributed by atoms with Crippen LogP contribution in [-0.2, 0) is 4.79 Å². The second kappa shape index (κ2) is 5.09. The molecule has 0 radical (unpaired) electrons. The van der Waals surface area contributed by atoms with Gasteiger partial charge in [-0.25, -0.2) is 16.3 Å². The molecule has 0 rings (SSSR count). The normalized spacial score (nSPS) is 13.0. The third kappa shape index (κ3) is 5.41. The molecule has 60 valence electrons. The van der Waals surface area contributed by atoms with Crippen LogP contribution in [0, 0.1) is 0 Å². The van der Waals surface area contributed by atoms with E-state index in [-0.39, 0.29) is 6.54 Å². The molecular weight excluding hydrogens is 138 g/mol. The van der Waals surface area contributed by atoms with Gasteiger partial charge in [-0.3, -0.25) is 10.6 Å². The first kappa shape index (κ1) is 9.27. The van der Waals surface area contributed by atoms with Gasteiger partial charge in [0.15, 0.2) is 0 Å². The Bertz CT molecular complexity index is 107. The molecule has 0 bridgehead atoms. The maximum absolute atomic E-state index is 9.87. The Balaban J connectivity index is 3.11.